The summed E-state index contributed by atoms with van der Waals surface area (Å²) in [7, 11) is -2.45. The van der Waals surface area contributed by atoms with Crippen LogP contribution in [0.5, 0.6) is 0 Å². The van der Waals surface area contributed by atoms with Crippen molar-refractivity contribution in [1.82, 2.24) is 4.72 Å². The van der Waals surface area contributed by atoms with Crippen LogP contribution in [0, 0.1) is 0 Å². The number of benzene rings is 1. The zero-order chi connectivity index (χ0) is 14.7. The second-order valence-corrected chi connectivity index (χ2v) is 5.77. The molecule has 8 heteroatoms. The molecular formula is C11H15F3N2O2S. The molecule has 1 aromatic rings. The maximum absolute atomic E-state index is 12.2. The third-order valence-electron chi connectivity index (χ3n) is 2.34. The fraction of sp³-hybridized carbons (Fsp3) is 0.455. The first-order chi connectivity index (χ1) is 8.65. The summed E-state index contributed by atoms with van der Waals surface area (Å²) in [5.74, 6) is 0. The van der Waals surface area contributed by atoms with Crippen molar-refractivity contribution >= 4 is 15.7 Å². The molecule has 108 valence electrons. The summed E-state index contributed by atoms with van der Waals surface area (Å²) >= 11 is 0. The first-order valence-corrected chi connectivity index (χ1v) is 7.00. The topological polar surface area (TPSA) is 58.2 Å². The van der Waals surface area contributed by atoms with Crippen molar-refractivity contribution in [3.05, 3.63) is 24.3 Å². The van der Waals surface area contributed by atoms with Gasteiger partial charge in [0.1, 0.15) is 4.90 Å². The molecule has 0 spiro atoms. The monoisotopic (exact) mass is 296 g/mol. The van der Waals surface area contributed by atoms with Crippen molar-refractivity contribution in [2.45, 2.75) is 30.5 Å². The van der Waals surface area contributed by atoms with Gasteiger partial charge in [-0.05, 0) is 19.1 Å². The first-order valence-electron chi connectivity index (χ1n) is 5.51. The Bertz CT molecular complexity index is 529. The van der Waals surface area contributed by atoms with Gasteiger partial charge in [-0.25, -0.2) is 13.1 Å². The van der Waals surface area contributed by atoms with Gasteiger partial charge in [-0.1, -0.05) is 12.1 Å². The highest BCUT2D eigenvalue weighted by Gasteiger charge is 2.32. The number of alkyl halides is 3. The van der Waals surface area contributed by atoms with Crippen molar-refractivity contribution in [3.8, 4) is 0 Å². The van der Waals surface area contributed by atoms with E-state index in [1.165, 1.54) is 32.2 Å². The molecule has 1 rings (SSSR count). The Morgan fingerprint density at radius 3 is 2.37 bits per heavy atom. The Labute approximate surface area is 110 Å². The number of halogens is 3. The molecule has 0 aliphatic heterocycles. The van der Waals surface area contributed by atoms with Crippen LogP contribution in [-0.2, 0) is 10.0 Å². The predicted octanol–water partition coefficient (Wildman–Crippen LogP) is 2.35. The standard InChI is InChI=1S/C11H15F3N2O2S/c1-8(7-11(12,13)14)16-19(17,18)10-6-4-3-5-9(10)15-2/h3-6,8,15-16H,7H2,1-2H3. The molecule has 1 atom stereocenters. The molecule has 0 bridgehead atoms. The number of rotatable bonds is 5. The Morgan fingerprint density at radius 2 is 1.84 bits per heavy atom. The van der Waals surface area contributed by atoms with E-state index in [1.54, 1.807) is 6.07 Å². The van der Waals surface area contributed by atoms with Crippen LogP contribution in [-0.4, -0.2) is 27.7 Å². The van der Waals surface area contributed by atoms with Gasteiger partial charge < -0.3 is 5.32 Å². The van der Waals surface area contributed by atoms with Crippen molar-refractivity contribution < 1.29 is 21.6 Å². The third kappa shape index (κ3) is 4.71. The summed E-state index contributed by atoms with van der Waals surface area (Å²) in [6, 6.07) is 4.76. The van der Waals surface area contributed by atoms with E-state index in [0.29, 0.717) is 5.69 Å². The van der Waals surface area contributed by atoms with Crippen molar-refractivity contribution in [2.75, 3.05) is 12.4 Å². The van der Waals surface area contributed by atoms with Gasteiger partial charge in [-0.3, -0.25) is 0 Å². The lowest BCUT2D eigenvalue weighted by Crippen LogP contribution is -2.36. The Hall–Kier alpha value is -1.28. The van der Waals surface area contributed by atoms with Crippen LogP contribution >= 0.6 is 0 Å². The molecule has 0 saturated carbocycles. The molecule has 4 nitrogen and oxygen atoms in total. The van der Waals surface area contributed by atoms with Gasteiger partial charge in [-0.15, -0.1) is 0 Å². The summed E-state index contributed by atoms with van der Waals surface area (Å²) in [6.07, 6.45) is -5.63. The van der Waals surface area contributed by atoms with E-state index < -0.39 is 28.7 Å². The summed E-state index contributed by atoms with van der Waals surface area (Å²) in [6.45, 7) is 1.17. The van der Waals surface area contributed by atoms with Gasteiger partial charge in [0.25, 0.3) is 0 Å². The molecular weight excluding hydrogens is 281 g/mol. The molecule has 0 heterocycles. The fourth-order valence-corrected chi connectivity index (χ4v) is 3.08. The Balaban J connectivity index is 2.93. The van der Waals surface area contributed by atoms with Crippen LogP contribution in [0.25, 0.3) is 0 Å². The molecule has 0 saturated heterocycles. The van der Waals surface area contributed by atoms with E-state index in [-0.39, 0.29) is 4.90 Å². The van der Waals surface area contributed by atoms with Crippen molar-refractivity contribution in [3.63, 3.8) is 0 Å². The van der Waals surface area contributed by atoms with Crippen LogP contribution in [0.3, 0.4) is 0 Å². The molecule has 1 aromatic carbocycles. The quantitative estimate of drug-likeness (QED) is 0.877. The van der Waals surface area contributed by atoms with E-state index >= 15 is 0 Å². The smallest absolute Gasteiger partial charge is 0.387 e. The van der Waals surface area contributed by atoms with Crippen LogP contribution < -0.4 is 10.0 Å². The summed E-state index contributed by atoms with van der Waals surface area (Å²) in [4.78, 5) is -0.0773. The molecule has 0 aliphatic carbocycles. The van der Waals surface area contributed by atoms with E-state index in [1.807, 2.05) is 4.72 Å². The second kappa shape index (κ2) is 5.79. The minimum Gasteiger partial charge on any atom is -0.387 e. The first kappa shape index (κ1) is 15.8. The van der Waals surface area contributed by atoms with E-state index in [4.69, 9.17) is 0 Å². The normalized spacial score (nSPS) is 14.2. The minimum atomic E-state index is -4.41. The molecule has 0 aliphatic rings. The van der Waals surface area contributed by atoms with Gasteiger partial charge in [0, 0.05) is 13.1 Å². The average molecular weight is 296 g/mol. The van der Waals surface area contributed by atoms with Crippen molar-refractivity contribution in [2.24, 2.45) is 0 Å². The predicted molar refractivity (Wildman–Crippen MR) is 66.4 cm³/mol. The average Bonchev–Trinajstić information content (AvgIpc) is 2.25. The SMILES string of the molecule is CNc1ccccc1S(=O)(=O)NC(C)CC(F)(F)F. The van der Waals surface area contributed by atoms with Crippen LogP contribution in [0.15, 0.2) is 29.2 Å². The Morgan fingerprint density at radius 1 is 1.26 bits per heavy atom. The van der Waals surface area contributed by atoms with Gasteiger partial charge in [0.15, 0.2) is 0 Å². The molecule has 0 aromatic heterocycles. The highest BCUT2D eigenvalue weighted by molar-refractivity contribution is 7.89. The van der Waals surface area contributed by atoms with Crippen LogP contribution in [0.1, 0.15) is 13.3 Å². The maximum atomic E-state index is 12.2. The molecule has 19 heavy (non-hydrogen) atoms. The lowest BCUT2D eigenvalue weighted by atomic mass is 10.2. The van der Waals surface area contributed by atoms with Crippen molar-refractivity contribution in [1.29, 1.82) is 0 Å². The minimum absolute atomic E-state index is 0.0773. The second-order valence-electron chi connectivity index (χ2n) is 4.09. The zero-order valence-corrected chi connectivity index (χ0v) is 11.3. The summed E-state index contributed by atoms with van der Waals surface area (Å²) in [5.41, 5.74) is 0.328. The molecule has 0 radical (unpaired) electrons. The molecule has 0 fully saturated rings. The number of para-hydroxylation sites is 1. The maximum Gasteiger partial charge on any atom is 0.390 e. The van der Waals surface area contributed by atoms with Gasteiger partial charge in [0.2, 0.25) is 10.0 Å². The lowest BCUT2D eigenvalue weighted by Gasteiger charge is -2.17. The van der Waals surface area contributed by atoms with Gasteiger partial charge in [-0.2, -0.15) is 13.2 Å². The number of sulfonamides is 1. The molecule has 1 unspecified atom stereocenters. The highest BCUT2D eigenvalue weighted by atomic mass is 32.2. The van der Waals surface area contributed by atoms with Gasteiger partial charge >= 0.3 is 6.18 Å². The summed E-state index contributed by atoms with van der Waals surface area (Å²) < 4.78 is 62.5. The highest BCUT2D eigenvalue weighted by Crippen LogP contribution is 2.24. The Kier molecular flexibility index (Phi) is 4.81. The lowest BCUT2D eigenvalue weighted by molar-refractivity contribution is -0.137. The van der Waals surface area contributed by atoms with Gasteiger partial charge in [0.05, 0.1) is 12.1 Å². The van der Waals surface area contributed by atoms with E-state index in [0.717, 1.165) is 0 Å². The largest absolute Gasteiger partial charge is 0.390 e. The summed E-state index contributed by atoms with van der Waals surface area (Å²) in [5, 5.41) is 2.68. The number of nitrogens with one attached hydrogen (secondary N) is 2. The van der Waals surface area contributed by atoms with Crippen LogP contribution in [0.4, 0.5) is 18.9 Å². The molecule has 0 amide bonds. The zero-order valence-electron chi connectivity index (χ0n) is 10.5. The molecule has 2 N–H and O–H groups in total. The number of hydrogen-bond acceptors (Lipinski definition) is 3. The van der Waals surface area contributed by atoms with E-state index in [9.17, 15) is 21.6 Å². The third-order valence-corrected chi connectivity index (χ3v) is 3.99. The van der Waals surface area contributed by atoms with E-state index in [2.05, 4.69) is 5.32 Å². The number of hydrogen-bond donors (Lipinski definition) is 2. The number of anilines is 1. The fourth-order valence-electron chi connectivity index (χ4n) is 1.62. The van der Waals surface area contributed by atoms with Crippen LogP contribution in [0.2, 0.25) is 0 Å².